The van der Waals surface area contributed by atoms with E-state index in [0.29, 0.717) is 35.8 Å². The summed E-state index contributed by atoms with van der Waals surface area (Å²) >= 11 is 0. The van der Waals surface area contributed by atoms with E-state index >= 15 is 0 Å². The standard InChI is InChI=1S/C27H28O4/c1-19(2)21-11-14-24(15-12-21)30-17-7-10-26(28)31-25-16-13-23(18-20(25)3)27(29)22-8-5-4-6-9-22/h4-6,8-9,11-16,18-19H,7,10,17H2,1-3H3. The first kappa shape index (κ1) is 22.3. The Morgan fingerprint density at radius 1 is 0.871 bits per heavy atom. The van der Waals surface area contributed by atoms with E-state index in [2.05, 4.69) is 26.0 Å². The fourth-order valence-corrected chi connectivity index (χ4v) is 3.19. The Labute approximate surface area is 183 Å². The van der Waals surface area contributed by atoms with E-state index in [-0.39, 0.29) is 18.2 Å². The van der Waals surface area contributed by atoms with Crippen LogP contribution in [0.15, 0.2) is 72.8 Å². The van der Waals surface area contributed by atoms with E-state index in [0.717, 1.165) is 11.3 Å². The van der Waals surface area contributed by atoms with Crippen LogP contribution in [0.25, 0.3) is 0 Å². The molecule has 0 atom stereocenters. The van der Waals surface area contributed by atoms with Crippen molar-refractivity contribution in [2.24, 2.45) is 0 Å². The first-order valence-corrected chi connectivity index (χ1v) is 10.6. The van der Waals surface area contributed by atoms with Crippen molar-refractivity contribution in [2.75, 3.05) is 6.61 Å². The van der Waals surface area contributed by atoms with Crippen molar-refractivity contribution < 1.29 is 19.1 Å². The minimum atomic E-state index is -0.316. The van der Waals surface area contributed by atoms with Crippen molar-refractivity contribution >= 4 is 11.8 Å². The number of carbonyl (C=O) groups excluding carboxylic acids is 2. The van der Waals surface area contributed by atoms with Crippen LogP contribution in [0.2, 0.25) is 0 Å². The maximum atomic E-state index is 12.6. The van der Waals surface area contributed by atoms with Crippen LogP contribution in [-0.4, -0.2) is 18.4 Å². The highest BCUT2D eigenvalue weighted by atomic mass is 16.5. The number of hydrogen-bond acceptors (Lipinski definition) is 4. The minimum Gasteiger partial charge on any atom is -0.494 e. The van der Waals surface area contributed by atoms with Gasteiger partial charge in [0.05, 0.1) is 6.61 Å². The van der Waals surface area contributed by atoms with E-state index in [1.165, 1.54) is 5.56 Å². The second kappa shape index (κ2) is 10.6. The van der Waals surface area contributed by atoms with E-state index in [1.54, 1.807) is 30.3 Å². The van der Waals surface area contributed by atoms with Crippen LogP contribution in [0.5, 0.6) is 11.5 Å². The summed E-state index contributed by atoms with van der Waals surface area (Å²) in [6, 6.07) is 22.3. The number of ether oxygens (including phenoxy) is 2. The molecule has 0 aliphatic carbocycles. The SMILES string of the molecule is Cc1cc(C(=O)c2ccccc2)ccc1OC(=O)CCCOc1ccc(C(C)C)cc1. The quantitative estimate of drug-likeness (QED) is 0.183. The summed E-state index contributed by atoms with van der Waals surface area (Å²) in [6.07, 6.45) is 0.822. The van der Waals surface area contributed by atoms with Gasteiger partial charge in [0.25, 0.3) is 0 Å². The van der Waals surface area contributed by atoms with Gasteiger partial charge in [-0.25, -0.2) is 0 Å². The molecule has 0 aliphatic rings. The number of aryl methyl sites for hydroxylation is 1. The number of esters is 1. The highest BCUT2D eigenvalue weighted by Gasteiger charge is 2.13. The maximum Gasteiger partial charge on any atom is 0.311 e. The Morgan fingerprint density at radius 2 is 1.58 bits per heavy atom. The van der Waals surface area contributed by atoms with Crippen LogP contribution in [0, 0.1) is 6.92 Å². The molecule has 0 amide bonds. The molecular weight excluding hydrogens is 388 g/mol. The molecule has 3 aromatic carbocycles. The largest absolute Gasteiger partial charge is 0.494 e. The van der Waals surface area contributed by atoms with E-state index in [1.807, 2.05) is 37.3 Å². The second-order valence-corrected chi connectivity index (χ2v) is 7.83. The molecule has 0 N–H and O–H groups in total. The fraction of sp³-hybridized carbons (Fsp3) is 0.259. The summed E-state index contributed by atoms with van der Waals surface area (Å²) in [4.78, 5) is 24.7. The molecule has 3 rings (SSSR count). The van der Waals surface area contributed by atoms with Crippen LogP contribution in [-0.2, 0) is 4.79 Å². The average Bonchev–Trinajstić information content (AvgIpc) is 2.78. The van der Waals surface area contributed by atoms with Gasteiger partial charge in [-0.1, -0.05) is 56.3 Å². The lowest BCUT2D eigenvalue weighted by atomic mass is 10.0. The number of rotatable bonds is 9. The van der Waals surface area contributed by atoms with Crippen LogP contribution < -0.4 is 9.47 Å². The summed E-state index contributed by atoms with van der Waals surface area (Å²) in [5.41, 5.74) is 3.21. The molecule has 0 spiro atoms. The Hall–Kier alpha value is -3.40. The molecule has 0 fully saturated rings. The molecule has 4 nitrogen and oxygen atoms in total. The highest BCUT2D eigenvalue weighted by Crippen LogP contribution is 2.22. The van der Waals surface area contributed by atoms with Gasteiger partial charge in [0.2, 0.25) is 0 Å². The predicted molar refractivity (Wildman–Crippen MR) is 122 cm³/mol. The number of benzene rings is 3. The Balaban J connectivity index is 1.47. The first-order valence-electron chi connectivity index (χ1n) is 10.6. The van der Waals surface area contributed by atoms with Crippen LogP contribution in [0.3, 0.4) is 0 Å². The summed E-state index contributed by atoms with van der Waals surface area (Å²) in [6.45, 7) is 6.57. The van der Waals surface area contributed by atoms with Gasteiger partial charge in [0.15, 0.2) is 5.78 Å². The molecule has 31 heavy (non-hydrogen) atoms. The van der Waals surface area contributed by atoms with Crippen LogP contribution in [0.4, 0.5) is 0 Å². The van der Waals surface area contributed by atoms with Gasteiger partial charge < -0.3 is 9.47 Å². The predicted octanol–water partition coefficient (Wildman–Crippen LogP) is 6.11. The van der Waals surface area contributed by atoms with Crippen molar-refractivity contribution in [3.63, 3.8) is 0 Å². The van der Waals surface area contributed by atoms with Crippen molar-refractivity contribution in [3.05, 3.63) is 95.1 Å². The first-order chi connectivity index (χ1) is 14.9. The van der Waals surface area contributed by atoms with Crippen molar-refractivity contribution in [1.82, 2.24) is 0 Å². The topological polar surface area (TPSA) is 52.6 Å². The molecule has 4 heteroatoms. The fourth-order valence-electron chi connectivity index (χ4n) is 3.19. The Bertz CT molecular complexity index is 1020. The molecule has 0 aliphatic heterocycles. The van der Waals surface area contributed by atoms with Gasteiger partial charge in [0, 0.05) is 17.5 Å². The van der Waals surface area contributed by atoms with Crippen molar-refractivity contribution in [2.45, 2.75) is 39.5 Å². The third kappa shape index (κ3) is 6.29. The van der Waals surface area contributed by atoms with E-state index < -0.39 is 0 Å². The molecule has 0 heterocycles. The molecule has 0 saturated carbocycles. The zero-order valence-electron chi connectivity index (χ0n) is 18.3. The smallest absolute Gasteiger partial charge is 0.311 e. The zero-order valence-corrected chi connectivity index (χ0v) is 18.3. The van der Waals surface area contributed by atoms with E-state index in [9.17, 15) is 9.59 Å². The molecular formula is C27H28O4. The minimum absolute atomic E-state index is 0.0554. The number of carbonyl (C=O) groups is 2. The zero-order chi connectivity index (χ0) is 22.2. The molecule has 0 bridgehead atoms. The summed E-state index contributed by atoms with van der Waals surface area (Å²) in [5, 5.41) is 0. The third-order valence-electron chi connectivity index (χ3n) is 5.04. The molecule has 0 aromatic heterocycles. The Morgan fingerprint density at radius 3 is 2.23 bits per heavy atom. The van der Waals surface area contributed by atoms with Gasteiger partial charge in [-0.3, -0.25) is 9.59 Å². The summed E-state index contributed by atoms with van der Waals surface area (Å²) < 4.78 is 11.2. The average molecular weight is 417 g/mol. The third-order valence-corrected chi connectivity index (χ3v) is 5.04. The van der Waals surface area contributed by atoms with Gasteiger partial charge in [-0.15, -0.1) is 0 Å². The summed E-state index contributed by atoms with van der Waals surface area (Å²) in [7, 11) is 0. The van der Waals surface area contributed by atoms with Gasteiger partial charge >= 0.3 is 5.97 Å². The second-order valence-electron chi connectivity index (χ2n) is 7.83. The number of hydrogen-bond donors (Lipinski definition) is 0. The van der Waals surface area contributed by atoms with E-state index in [4.69, 9.17) is 9.47 Å². The molecule has 0 saturated heterocycles. The molecule has 0 unspecified atom stereocenters. The van der Waals surface area contributed by atoms with Crippen molar-refractivity contribution in [1.29, 1.82) is 0 Å². The van der Waals surface area contributed by atoms with Gasteiger partial charge in [-0.2, -0.15) is 0 Å². The van der Waals surface area contributed by atoms with Crippen LogP contribution in [0.1, 0.15) is 59.7 Å². The van der Waals surface area contributed by atoms with Gasteiger partial charge in [-0.05, 0) is 60.7 Å². The maximum absolute atomic E-state index is 12.6. The lowest BCUT2D eigenvalue weighted by Gasteiger charge is -2.10. The molecule has 0 radical (unpaired) electrons. The lowest BCUT2D eigenvalue weighted by molar-refractivity contribution is -0.134. The van der Waals surface area contributed by atoms with Crippen LogP contribution >= 0.6 is 0 Å². The molecule has 160 valence electrons. The summed E-state index contributed by atoms with van der Waals surface area (Å²) in [5.74, 6) is 1.38. The highest BCUT2D eigenvalue weighted by molar-refractivity contribution is 6.09. The number of ketones is 1. The van der Waals surface area contributed by atoms with Crippen molar-refractivity contribution in [3.8, 4) is 11.5 Å². The normalized spacial score (nSPS) is 10.7. The monoisotopic (exact) mass is 416 g/mol. The lowest BCUT2D eigenvalue weighted by Crippen LogP contribution is -2.11. The molecule has 3 aromatic rings. The van der Waals surface area contributed by atoms with Gasteiger partial charge in [0.1, 0.15) is 11.5 Å². The Kier molecular flexibility index (Phi) is 7.60.